The maximum absolute atomic E-state index is 12.5. The molecular weight excluding hydrogens is 382 g/mol. The fourth-order valence-electron chi connectivity index (χ4n) is 3.65. The molecule has 0 saturated heterocycles. The first-order valence-electron chi connectivity index (χ1n) is 8.77. The predicted molar refractivity (Wildman–Crippen MR) is 106 cm³/mol. The van der Waals surface area contributed by atoms with Crippen LogP contribution in [0.1, 0.15) is 22.7 Å². The summed E-state index contributed by atoms with van der Waals surface area (Å²) in [5, 5.41) is 0. The highest BCUT2D eigenvalue weighted by molar-refractivity contribution is 7.88. The Balaban J connectivity index is 2.23. The van der Waals surface area contributed by atoms with Gasteiger partial charge in [-0.2, -0.15) is 4.31 Å². The fraction of sp³-hybridized carbons (Fsp3) is 0.400. The van der Waals surface area contributed by atoms with Gasteiger partial charge in [0.05, 0.1) is 40.7 Å². The van der Waals surface area contributed by atoms with E-state index in [-0.39, 0.29) is 0 Å². The zero-order valence-electron chi connectivity index (χ0n) is 16.7. The summed E-state index contributed by atoms with van der Waals surface area (Å²) in [5.41, 5.74) is 2.68. The molecule has 0 aromatic heterocycles. The zero-order chi connectivity index (χ0) is 20.5. The number of fused-ring (bicyclic) bond motifs is 1. The van der Waals surface area contributed by atoms with Crippen molar-refractivity contribution >= 4 is 10.0 Å². The monoisotopic (exact) mass is 407 g/mol. The van der Waals surface area contributed by atoms with Gasteiger partial charge in [0.1, 0.15) is 0 Å². The van der Waals surface area contributed by atoms with Gasteiger partial charge in [-0.15, -0.1) is 0 Å². The summed E-state index contributed by atoms with van der Waals surface area (Å²) < 4.78 is 48.2. The highest BCUT2D eigenvalue weighted by Crippen LogP contribution is 2.43. The van der Waals surface area contributed by atoms with E-state index in [1.54, 1.807) is 34.5 Å². The SMILES string of the molecule is COc1ccc([C@H]2c3cc(OC)c(OC)cc3CCN2S(C)(=O)=O)cc1OC. The van der Waals surface area contributed by atoms with Crippen LogP contribution in [0.3, 0.4) is 0 Å². The number of methoxy groups -OCH3 is 4. The summed E-state index contributed by atoms with van der Waals surface area (Å²) in [4.78, 5) is 0. The summed E-state index contributed by atoms with van der Waals surface area (Å²) >= 11 is 0. The van der Waals surface area contributed by atoms with Gasteiger partial charge in [0.15, 0.2) is 23.0 Å². The second kappa shape index (κ2) is 7.89. The molecule has 0 amide bonds. The van der Waals surface area contributed by atoms with Gasteiger partial charge >= 0.3 is 0 Å². The largest absolute Gasteiger partial charge is 0.493 e. The van der Waals surface area contributed by atoms with Crippen LogP contribution in [-0.4, -0.2) is 54.0 Å². The Bertz CT molecular complexity index is 973. The van der Waals surface area contributed by atoms with E-state index in [0.29, 0.717) is 36.0 Å². The minimum absolute atomic E-state index is 0.375. The van der Waals surface area contributed by atoms with Crippen molar-refractivity contribution in [3.8, 4) is 23.0 Å². The van der Waals surface area contributed by atoms with Crippen molar-refractivity contribution in [1.82, 2.24) is 4.31 Å². The first-order valence-corrected chi connectivity index (χ1v) is 10.6. The Kier molecular flexibility index (Phi) is 5.71. The number of ether oxygens (including phenoxy) is 4. The van der Waals surface area contributed by atoms with Crippen molar-refractivity contribution in [3.63, 3.8) is 0 Å². The Morgan fingerprint density at radius 3 is 2.00 bits per heavy atom. The Hall–Kier alpha value is -2.45. The van der Waals surface area contributed by atoms with Crippen LogP contribution in [0.5, 0.6) is 23.0 Å². The van der Waals surface area contributed by atoms with Crippen LogP contribution in [0.4, 0.5) is 0 Å². The van der Waals surface area contributed by atoms with Crippen LogP contribution >= 0.6 is 0 Å². The summed E-state index contributed by atoms with van der Waals surface area (Å²) in [6.45, 7) is 0.375. The predicted octanol–water partition coefficient (Wildman–Crippen LogP) is 2.63. The summed E-state index contributed by atoms with van der Waals surface area (Å²) in [6.07, 6.45) is 1.82. The van der Waals surface area contributed by atoms with E-state index in [9.17, 15) is 8.42 Å². The van der Waals surface area contributed by atoms with Crippen molar-refractivity contribution in [2.75, 3.05) is 41.2 Å². The van der Waals surface area contributed by atoms with Crippen LogP contribution in [0.15, 0.2) is 30.3 Å². The highest BCUT2D eigenvalue weighted by atomic mass is 32.2. The molecule has 8 heteroatoms. The smallest absolute Gasteiger partial charge is 0.212 e. The molecule has 1 atom stereocenters. The molecule has 2 aromatic carbocycles. The molecule has 0 spiro atoms. The molecule has 2 aromatic rings. The molecular formula is C20H25NO6S. The lowest BCUT2D eigenvalue weighted by Gasteiger charge is -2.36. The van der Waals surface area contributed by atoms with Crippen LogP contribution < -0.4 is 18.9 Å². The number of nitrogens with zero attached hydrogens (tertiary/aromatic N) is 1. The normalized spacial score (nSPS) is 17.0. The maximum Gasteiger partial charge on any atom is 0.212 e. The fourth-order valence-corrected chi connectivity index (χ4v) is 4.69. The molecule has 0 radical (unpaired) electrons. The quantitative estimate of drug-likeness (QED) is 0.733. The van der Waals surface area contributed by atoms with Crippen molar-refractivity contribution in [1.29, 1.82) is 0 Å². The topological polar surface area (TPSA) is 74.3 Å². The minimum Gasteiger partial charge on any atom is -0.493 e. The van der Waals surface area contributed by atoms with Crippen LogP contribution in [0.25, 0.3) is 0 Å². The molecule has 1 aliphatic heterocycles. The molecule has 0 fully saturated rings. The van der Waals surface area contributed by atoms with Crippen LogP contribution in [-0.2, 0) is 16.4 Å². The van der Waals surface area contributed by atoms with Gasteiger partial charge in [0.25, 0.3) is 0 Å². The molecule has 0 bridgehead atoms. The van der Waals surface area contributed by atoms with E-state index in [1.807, 2.05) is 24.3 Å². The molecule has 28 heavy (non-hydrogen) atoms. The van der Waals surface area contributed by atoms with Gasteiger partial charge in [-0.1, -0.05) is 6.07 Å². The summed E-state index contributed by atoms with van der Waals surface area (Å²) in [5.74, 6) is 2.31. The standard InChI is InChI=1S/C20H25NO6S/c1-24-16-7-6-14(11-17(16)25-2)20-15-12-19(27-4)18(26-3)10-13(15)8-9-21(20)28(5,22)23/h6-7,10-12,20H,8-9H2,1-5H3/t20-/m0/s1. The lowest BCUT2D eigenvalue weighted by Crippen LogP contribution is -2.40. The van der Waals surface area contributed by atoms with Gasteiger partial charge in [0.2, 0.25) is 10.0 Å². The number of sulfonamides is 1. The highest BCUT2D eigenvalue weighted by Gasteiger charge is 2.35. The Labute approximate surface area is 165 Å². The number of benzene rings is 2. The molecule has 0 N–H and O–H groups in total. The second-order valence-electron chi connectivity index (χ2n) is 6.55. The van der Waals surface area contributed by atoms with Gasteiger partial charge in [-0.3, -0.25) is 0 Å². The lowest BCUT2D eigenvalue weighted by molar-refractivity contribution is 0.330. The first-order chi connectivity index (χ1) is 13.3. The van der Waals surface area contributed by atoms with Crippen molar-refractivity contribution in [2.45, 2.75) is 12.5 Å². The molecule has 1 heterocycles. The third kappa shape index (κ3) is 3.62. The maximum atomic E-state index is 12.5. The van der Waals surface area contributed by atoms with Crippen LogP contribution in [0.2, 0.25) is 0 Å². The van der Waals surface area contributed by atoms with E-state index in [4.69, 9.17) is 18.9 Å². The molecule has 152 valence electrons. The van der Waals surface area contributed by atoms with E-state index < -0.39 is 16.1 Å². The van der Waals surface area contributed by atoms with Crippen molar-refractivity contribution < 1.29 is 27.4 Å². The lowest BCUT2D eigenvalue weighted by atomic mass is 9.89. The Morgan fingerprint density at radius 2 is 1.43 bits per heavy atom. The third-order valence-electron chi connectivity index (χ3n) is 4.98. The molecule has 7 nitrogen and oxygen atoms in total. The average Bonchev–Trinajstić information content (AvgIpc) is 2.70. The minimum atomic E-state index is -3.45. The second-order valence-corrected chi connectivity index (χ2v) is 8.48. The molecule has 3 rings (SSSR count). The van der Waals surface area contributed by atoms with Gasteiger partial charge in [-0.25, -0.2) is 8.42 Å². The van der Waals surface area contributed by atoms with Crippen molar-refractivity contribution in [2.24, 2.45) is 0 Å². The average molecular weight is 407 g/mol. The molecule has 0 aliphatic carbocycles. The van der Waals surface area contributed by atoms with Gasteiger partial charge in [-0.05, 0) is 47.4 Å². The third-order valence-corrected chi connectivity index (χ3v) is 6.22. The summed E-state index contributed by atoms with van der Waals surface area (Å²) in [6, 6.07) is 8.72. The van der Waals surface area contributed by atoms with Gasteiger partial charge < -0.3 is 18.9 Å². The van der Waals surface area contributed by atoms with E-state index in [2.05, 4.69) is 0 Å². The molecule has 0 unspecified atom stereocenters. The number of hydrogen-bond donors (Lipinski definition) is 0. The molecule has 0 saturated carbocycles. The number of hydrogen-bond acceptors (Lipinski definition) is 6. The number of rotatable bonds is 6. The van der Waals surface area contributed by atoms with Gasteiger partial charge in [0, 0.05) is 6.54 Å². The first kappa shape index (κ1) is 20.3. The summed E-state index contributed by atoms with van der Waals surface area (Å²) in [7, 11) is 2.82. The zero-order valence-corrected chi connectivity index (χ0v) is 17.5. The Morgan fingerprint density at radius 1 is 0.857 bits per heavy atom. The van der Waals surface area contributed by atoms with E-state index in [0.717, 1.165) is 16.7 Å². The van der Waals surface area contributed by atoms with E-state index >= 15 is 0 Å². The van der Waals surface area contributed by atoms with E-state index in [1.165, 1.54) is 10.6 Å². The molecule has 1 aliphatic rings. The van der Waals surface area contributed by atoms with Crippen LogP contribution in [0, 0.1) is 0 Å². The van der Waals surface area contributed by atoms with Crippen molar-refractivity contribution in [3.05, 3.63) is 47.0 Å².